The van der Waals surface area contributed by atoms with E-state index in [-0.39, 0.29) is 5.92 Å². The molecule has 0 spiro atoms. The van der Waals surface area contributed by atoms with E-state index in [9.17, 15) is 8.42 Å². The second-order valence-corrected chi connectivity index (χ2v) is 7.75. The van der Waals surface area contributed by atoms with Crippen LogP contribution in [0.25, 0.3) is 0 Å². The minimum Gasteiger partial charge on any atom is -0.382 e. The Morgan fingerprint density at radius 2 is 2.10 bits per heavy atom. The summed E-state index contributed by atoms with van der Waals surface area (Å²) in [4.78, 5) is 0. The highest BCUT2D eigenvalue weighted by molar-refractivity contribution is 7.91. The van der Waals surface area contributed by atoms with Gasteiger partial charge in [0.15, 0.2) is 9.84 Å². The fourth-order valence-electron chi connectivity index (χ4n) is 2.64. The van der Waals surface area contributed by atoms with Gasteiger partial charge >= 0.3 is 0 Å². The van der Waals surface area contributed by atoms with Crippen molar-refractivity contribution in [1.29, 1.82) is 0 Å². The summed E-state index contributed by atoms with van der Waals surface area (Å²) in [5, 5.41) is 3.42. The van der Waals surface area contributed by atoms with Crippen LogP contribution in [-0.2, 0) is 19.3 Å². The highest BCUT2D eigenvalue weighted by Crippen LogP contribution is 2.28. The van der Waals surface area contributed by atoms with E-state index >= 15 is 0 Å². The maximum Gasteiger partial charge on any atom is 0.150 e. The van der Waals surface area contributed by atoms with Crippen molar-refractivity contribution in [3.63, 3.8) is 0 Å². The van der Waals surface area contributed by atoms with E-state index in [2.05, 4.69) is 12.2 Å². The zero-order valence-electron chi connectivity index (χ0n) is 12.8. The molecule has 1 aliphatic heterocycles. The molecule has 1 rings (SSSR count). The maximum atomic E-state index is 11.6. The van der Waals surface area contributed by atoms with Crippen molar-refractivity contribution in [3.05, 3.63) is 0 Å². The maximum absolute atomic E-state index is 11.6. The highest BCUT2D eigenvalue weighted by Gasteiger charge is 2.33. The lowest BCUT2D eigenvalue weighted by molar-refractivity contribution is 0.0602. The first-order valence-corrected chi connectivity index (χ1v) is 9.39. The van der Waals surface area contributed by atoms with Crippen molar-refractivity contribution >= 4 is 9.84 Å². The third-order valence-electron chi connectivity index (χ3n) is 3.83. The van der Waals surface area contributed by atoms with Crippen LogP contribution in [0, 0.1) is 11.8 Å². The summed E-state index contributed by atoms with van der Waals surface area (Å²) in [5.41, 5.74) is 0. The molecule has 5 nitrogen and oxygen atoms in total. The quantitative estimate of drug-likeness (QED) is 0.579. The molecular weight excluding hydrogens is 278 g/mol. The van der Waals surface area contributed by atoms with E-state index in [0.29, 0.717) is 37.2 Å². The number of sulfone groups is 1. The summed E-state index contributed by atoms with van der Waals surface area (Å²) >= 11 is 0. The van der Waals surface area contributed by atoms with Crippen LogP contribution in [-0.4, -0.2) is 59.9 Å². The van der Waals surface area contributed by atoms with Crippen LogP contribution in [0.3, 0.4) is 0 Å². The van der Waals surface area contributed by atoms with Gasteiger partial charge in [0.1, 0.15) is 0 Å². The van der Waals surface area contributed by atoms with Gasteiger partial charge in [0.25, 0.3) is 0 Å². The Morgan fingerprint density at radius 1 is 1.30 bits per heavy atom. The molecule has 0 saturated carbocycles. The first kappa shape index (κ1) is 17.9. The van der Waals surface area contributed by atoms with Gasteiger partial charge in [0.2, 0.25) is 0 Å². The van der Waals surface area contributed by atoms with Crippen molar-refractivity contribution in [2.45, 2.75) is 26.2 Å². The van der Waals surface area contributed by atoms with E-state index in [1.807, 2.05) is 0 Å². The summed E-state index contributed by atoms with van der Waals surface area (Å²) < 4.78 is 33.7. The van der Waals surface area contributed by atoms with E-state index in [1.165, 1.54) is 0 Å². The van der Waals surface area contributed by atoms with E-state index < -0.39 is 9.84 Å². The monoisotopic (exact) mass is 307 g/mol. The van der Waals surface area contributed by atoms with Crippen molar-refractivity contribution in [2.75, 3.05) is 51.5 Å². The van der Waals surface area contributed by atoms with Crippen molar-refractivity contribution < 1.29 is 17.9 Å². The Balaban J connectivity index is 2.35. The average molecular weight is 307 g/mol. The predicted octanol–water partition coefficient (Wildman–Crippen LogP) is 1.09. The molecule has 1 fully saturated rings. The van der Waals surface area contributed by atoms with Gasteiger partial charge in [0.05, 0.1) is 24.7 Å². The molecular formula is C14H29NO4S. The Morgan fingerprint density at radius 3 is 2.70 bits per heavy atom. The van der Waals surface area contributed by atoms with Crippen molar-refractivity contribution in [3.8, 4) is 0 Å². The van der Waals surface area contributed by atoms with Gasteiger partial charge in [-0.15, -0.1) is 0 Å². The topological polar surface area (TPSA) is 64.6 Å². The van der Waals surface area contributed by atoms with Gasteiger partial charge < -0.3 is 14.8 Å². The van der Waals surface area contributed by atoms with Gasteiger partial charge in [0, 0.05) is 13.7 Å². The third kappa shape index (κ3) is 7.02. The molecule has 0 aromatic heterocycles. The lowest BCUT2D eigenvalue weighted by Crippen LogP contribution is -2.30. The molecule has 120 valence electrons. The smallest absolute Gasteiger partial charge is 0.150 e. The van der Waals surface area contributed by atoms with Crippen LogP contribution in [0.15, 0.2) is 0 Å². The predicted molar refractivity (Wildman–Crippen MR) is 80.7 cm³/mol. The summed E-state index contributed by atoms with van der Waals surface area (Å²) in [6.07, 6.45) is 2.82. The molecule has 0 aromatic carbocycles. The minimum atomic E-state index is -2.80. The summed E-state index contributed by atoms with van der Waals surface area (Å²) in [6.45, 7) is 5.90. The average Bonchev–Trinajstić information content (AvgIpc) is 2.77. The van der Waals surface area contributed by atoms with Crippen LogP contribution in [0.2, 0.25) is 0 Å². The SMILES string of the molecule is CCCNCC(CCOCCOC)C1CCS(=O)(=O)C1. The molecule has 0 aliphatic carbocycles. The van der Waals surface area contributed by atoms with E-state index in [0.717, 1.165) is 32.4 Å². The lowest BCUT2D eigenvalue weighted by Gasteiger charge is -2.23. The van der Waals surface area contributed by atoms with Crippen LogP contribution in [0.1, 0.15) is 26.2 Å². The summed E-state index contributed by atoms with van der Waals surface area (Å²) in [7, 11) is -1.14. The third-order valence-corrected chi connectivity index (χ3v) is 5.63. The molecule has 0 bridgehead atoms. The number of ether oxygens (including phenoxy) is 2. The van der Waals surface area contributed by atoms with Crippen molar-refractivity contribution in [1.82, 2.24) is 5.32 Å². The number of hydrogen-bond donors (Lipinski definition) is 1. The van der Waals surface area contributed by atoms with Crippen LogP contribution in [0.5, 0.6) is 0 Å². The van der Waals surface area contributed by atoms with E-state index in [1.54, 1.807) is 7.11 Å². The summed E-state index contributed by atoms with van der Waals surface area (Å²) in [5.74, 6) is 1.38. The lowest BCUT2D eigenvalue weighted by atomic mass is 9.89. The second-order valence-electron chi connectivity index (χ2n) is 5.52. The Labute approximate surface area is 123 Å². The van der Waals surface area contributed by atoms with E-state index in [4.69, 9.17) is 9.47 Å². The van der Waals surface area contributed by atoms with Crippen LogP contribution in [0.4, 0.5) is 0 Å². The van der Waals surface area contributed by atoms with Gasteiger partial charge in [-0.1, -0.05) is 6.92 Å². The van der Waals surface area contributed by atoms with Gasteiger partial charge in [-0.05, 0) is 44.2 Å². The standard InChI is InChI=1S/C14H29NO4S/c1-3-6-15-11-13(4-7-19-9-8-18-2)14-5-10-20(16,17)12-14/h13-15H,3-12H2,1-2H3. The highest BCUT2D eigenvalue weighted by atomic mass is 32.2. The van der Waals surface area contributed by atoms with Gasteiger partial charge in [-0.25, -0.2) is 8.42 Å². The molecule has 1 saturated heterocycles. The van der Waals surface area contributed by atoms with Crippen LogP contribution >= 0.6 is 0 Å². The largest absolute Gasteiger partial charge is 0.382 e. The Kier molecular flexibility index (Phi) is 8.68. The molecule has 0 amide bonds. The molecule has 2 unspecified atom stereocenters. The zero-order valence-corrected chi connectivity index (χ0v) is 13.6. The van der Waals surface area contributed by atoms with Gasteiger partial charge in [-0.2, -0.15) is 0 Å². The zero-order chi connectivity index (χ0) is 14.8. The minimum absolute atomic E-state index is 0.287. The molecule has 0 radical (unpaired) electrons. The summed E-state index contributed by atoms with van der Waals surface area (Å²) in [6, 6.07) is 0. The first-order valence-electron chi connectivity index (χ1n) is 7.57. The fraction of sp³-hybridized carbons (Fsp3) is 1.00. The molecule has 2 atom stereocenters. The van der Waals surface area contributed by atoms with Gasteiger partial charge in [-0.3, -0.25) is 0 Å². The molecule has 1 heterocycles. The Bertz CT molecular complexity index is 345. The number of hydrogen-bond acceptors (Lipinski definition) is 5. The molecule has 0 aromatic rings. The fourth-order valence-corrected chi connectivity index (χ4v) is 4.56. The normalized spacial score (nSPS) is 23.0. The molecule has 20 heavy (non-hydrogen) atoms. The molecule has 1 N–H and O–H groups in total. The number of rotatable bonds is 11. The van der Waals surface area contributed by atoms with Crippen LogP contribution < -0.4 is 5.32 Å². The van der Waals surface area contributed by atoms with Crippen molar-refractivity contribution in [2.24, 2.45) is 11.8 Å². The molecule has 1 aliphatic rings. The first-order chi connectivity index (χ1) is 9.59. The Hall–Kier alpha value is -0.170. The second kappa shape index (κ2) is 9.71. The molecule has 6 heteroatoms. The number of nitrogens with one attached hydrogen (secondary N) is 1. The number of methoxy groups -OCH3 is 1.